The summed E-state index contributed by atoms with van der Waals surface area (Å²) in [6.07, 6.45) is 3.44. The fraction of sp³-hybridized carbons (Fsp3) is 0.571. The van der Waals surface area contributed by atoms with Crippen LogP contribution in [0.15, 0.2) is 18.5 Å². The predicted molar refractivity (Wildman–Crippen MR) is 73.1 cm³/mol. The lowest BCUT2D eigenvalue weighted by Gasteiger charge is -2.43. The smallest absolute Gasteiger partial charge is 0.255 e. The van der Waals surface area contributed by atoms with Crippen LogP contribution in [0.4, 0.5) is 0 Å². The number of nitrogens with zero attached hydrogens (tertiary/aromatic N) is 3. The molecule has 0 aromatic carbocycles. The number of carbonyl (C=O) groups excluding carboxylic acids is 1. The Labute approximate surface area is 113 Å². The van der Waals surface area contributed by atoms with Crippen LogP contribution in [0.3, 0.4) is 0 Å². The van der Waals surface area contributed by atoms with Crippen molar-refractivity contribution in [3.8, 4) is 0 Å². The van der Waals surface area contributed by atoms with Gasteiger partial charge in [-0.05, 0) is 18.6 Å². The lowest BCUT2D eigenvalue weighted by Crippen LogP contribution is -2.62. The maximum Gasteiger partial charge on any atom is 0.255 e. The van der Waals surface area contributed by atoms with Crippen LogP contribution in [0, 0.1) is 6.92 Å². The number of aryl methyl sites for hydroxylation is 1. The van der Waals surface area contributed by atoms with Crippen LogP contribution in [-0.2, 0) is 0 Å². The largest absolute Gasteiger partial charge is 0.336 e. The second-order valence-electron chi connectivity index (χ2n) is 5.39. The van der Waals surface area contributed by atoms with Gasteiger partial charge in [0.2, 0.25) is 0 Å². The van der Waals surface area contributed by atoms with Gasteiger partial charge in [-0.15, -0.1) is 0 Å². The van der Waals surface area contributed by atoms with Crippen molar-refractivity contribution in [1.29, 1.82) is 0 Å². The summed E-state index contributed by atoms with van der Waals surface area (Å²) >= 11 is 0. The van der Waals surface area contributed by atoms with Crippen LogP contribution in [-0.4, -0.2) is 66.0 Å². The molecule has 102 valence electrons. The molecule has 5 nitrogen and oxygen atoms in total. The minimum atomic E-state index is 0.114. The van der Waals surface area contributed by atoms with Crippen molar-refractivity contribution in [2.75, 3.05) is 39.3 Å². The van der Waals surface area contributed by atoms with Crippen LogP contribution in [0.5, 0.6) is 0 Å². The van der Waals surface area contributed by atoms with Gasteiger partial charge in [0.15, 0.2) is 0 Å². The number of amides is 1. The summed E-state index contributed by atoms with van der Waals surface area (Å²) in [4.78, 5) is 20.9. The molecule has 1 aromatic rings. The van der Waals surface area contributed by atoms with Gasteiger partial charge in [0.25, 0.3) is 5.91 Å². The normalized spacial score (nSPS) is 21.2. The number of piperazine rings is 1. The van der Waals surface area contributed by atoms with Gasteiger partial charge >= 0.3 is 0 Å². The topological polar surface area (TPSA) is 48.5 Å². The van der Waals surface area contributed by atoms with Gasteiger partial charge in [0, 0.05) is 57.7 Å². The molecule has 2 fully saturated rings. The summed E-state index contributed by atoms with van der Waals surface area (Å²) in [6, 6.07) is 2.59. The van der Waals surface area contributed by atoms with E-state index in [0.29, 0.717) is 11.6 Å². The van der Waals surface area contributed by atoms with Crippen molar-refractivity contribution in [1.82, 2.24) is 20.1 Å². The third-order valence-electron chi connectivity index (χ3n) is 4.00. The number of hydrogen-bond donors (Lipinski definition) is 1. The minimum Gasteiger partial charge on any atom is -0.336 e. The molecule has 0 bridgehead atoms. The number of rotatable bonds is 2. The maximum atomic E-state index is 12.4. The van der Waals surface area contributed by atoms with Crippen molar-refractivity contribution in [2.24, 2.45) is 0 Å². The molecule has 0 aliphatic carbocycles. The van der Waals surface area contributed by atoms with Crippen molar-refractivity contribution in [3.63, 3.8) is 0 Å². The highest BCUT2D eigenvalue weighted by atomic mass is 16.2. The van der Waals surface area contributed by atoms with Gasteiger partial charge in [-0.1, -0.05) is 0 Å². The first-order chi connectivity index (χ1) is 9.24. The molecule has 1 N–H and O–H groups in total. The summed E-state index contributed by atoms with van der Waals surface area (Å²) in [5.74, 6) is 0.114. The van der Waals surface area contributed by atoms with Crippen LogP contribution in [0.25, 0.3) is 0 Å². The van der Waals surface area contributed by atoms with Crippen LogP contribution in [0.2, 0.25) is 0 Å². The van der Waals surface area contributed by atoms with E-state index in [-0.39, 0.29) is 5.91 Å². The van der Waals surface area contributed by atoms with Gasteiger partial charge in [-0.2, -0.15) is 0 Å². The van der Waals surface area contributed by atoms with E-state index in [9.17, 15) is 4.79 Å². The zero-order valence-electron chi connectivity index (χ0n) is 11.3. The molecule has 0 unspecified atom stereocenters. The Hall–Kier alpha value is -1.46. The number of nitrogens with one attached hydrogen (secondary N) is 1. The molecule has 5 heteroatoms. The standard InChI is InChI=1S/C14H20N4O/c1-11-6-12(8-15-7-11)14(19)18-4-2-17(3-5-18)13-9-16-10-13/h6-8,13,16H,2-5,9-10H2,1H3. The second kappa shape index (κ2) is 5.27. The molecule has 2 aliphatic rings. The number of aromatic nitrogens is 1. The average molecular weight is 260 g/mol. The minimum absolute atomic E-state index is 0.114. The summed E-state index contributed by atoms with van der Waals surface area (Å²) in [5.41, 5.74) is 1.74. The summed E-state index contributed by atoms with van der Waals surface area (Å²) < 4.78 is 0. The molecule has 0 spiro atoms. The molecule has 2 aliphatic heterocycles. The van der Waals surface area contributed by atoms with E-state index in [0.717, 1.165) is 44.8 Å². The van der Waals surface area contributed by atoms with Gasteiger partial charge in [-0.3, -0.25) is 14.7 Å². The summed E-state index contributed by atoms with van der Waals surface area (Å²) in [6.45, 7) is 7.76. The van der Waals surface area contributed by atoms with E-state index in [1.807, 2.05) is 17.9 Å². The Morgan fingerprint density at radius 2 is 2.00 bits per heavy atom. The predicted octanol–water partition coefficient (Wildman–Crippen LogP) is 0.120. The van der Waals surface area contributed by atoms with Crippen molar-refractivity contribution >= 4 is 5.91 Å². The van der Waals surface area contributed by atoms with E-state index in [4.69, 9.17) is 0 Å². The first-order valence-electron chi connectivity index (χ1n) is 6.90. The molecule has 1 aromatic heterocycles. The maximum absolute atomic E-state index is 12.4. The van der Waals surface area contributed by atoms with E-state index in [1.165, 1.54) is 0 Å². The SMILES string of the molecule is Cc1cncc(C(=O)N2CCN(C3CNC3)CC2)c1. The van der Waals surface area contributed by atoms with Crippen molar-refractivity contribution < 1.29 is 4.79 Å². The molecule has 3 rings (SSSR count). The fourth-order valence-electron chi connectivity index (χ4n) is 2.68. The first kappa shape index (κ1) is 12.6. The molecule has 2 saturated heterocycles. The monoisotopic (exact) mass is 260 g/mol. The quantitative estimate of drug-likeness (QED) is 0.820. The van der Waals surface area contributed by atoms with Gasteiger partial charge in [-0.25, -0.2) is 0 Å². The van der Waals surface area contributed by atoms with E-state index >= 15 is 0 Å². The van der Waals surface area contributed by atoms with E-state index in [2.05, 4.69) is 15.2 Å². The molecule has 1 amide bonds. The lowest BCUT2D eigenvalue weighted by atomic mass is 10.1. The van der Waals surface area contributed by atoms with Crippen LogP contribution >= 0.6 is 0 Å². The van der Waals surface area contributed by atoms with Crippen molar-refractivity contribution in [2.45, 2.75) is 13.0 Å². The zero-order valence-corrected chi connectivity index (χ0v) is 11.3. The molecular weight excluding hydrogens is 240 g/mol. The third-order valence-corrected chi connectivity index (χ3v) is 4.00. The van der Waals surface area contributed by atoms with Gasteiger partial charge in [0.05, 0.1) is 5.56 Å². The molecule has 0 saturated carbocycles. The highest BCUT2D eigenvalue weighted by molar-refractivity contribution is 5.94. The molecule has 19 heavy (non-hydrogen) atoms. The van der Waals surface area contributed by atoms with E-state index < -0.39 is 0 Å². The Balaban J connectivity index is 1.60. The summed E-state index contributed by atoms with van der Waals surface area (Å²) in [5, 5.41) is 3.29. The zero-order chi connectivity index (χ0) is 13.2. The summed E-state index contributed by atoms with van der Waals surface area (Å²) in [7, 11) is 0. The second-order valence-corrected chi connectivity index (χ2v) is 5.39. The lowest BCUT2D eigenvalue weighted by molar-refractivity contribution is 0.0501. The number of hydrogen-bond acceptors (Lipinski definition) is 4. The Bertz CT molecular complexity index is 464. The molecule has 0 radical (unpaired) electrons. The number of carbonyl (C=O) groups is 1. The first-order valence-corrected chi connectivity index (χ1v) is 6.90. The Morgan fingerprint density at radius 1 is 1.26 bits per heavy atom. The Kier molecular flexibility index (Phi) is 3.48. The van der Waals surface area contributed by atoms with Crippen LogP contribution in [0.1, 0.15) is 15.9 Å². The van der Waals surface area contributed by atoms with Crippen molar-refractivity contribution in [3.05, 3.63) is 29.6 Å². The van der Waals surface area contributed by atoms with Gasteiger partial charge < -0.3 is 10.2 Å². The average Bonchev–Trinajstić information content (AvgIpc) is 2.37. The highest BCUT2D eigenvalue weighted by Crippen LogP contribution is 2.12. The third kappa shape index (κ3) is 2.62. The molecule has 0 atom stereocenters. The van der Waals surface area contributed by atoms with E-state index in [1.54, 1.807) is 12.4 Å². The molecular formula is C14H20N4O. The number of pyridine rings is 1. The highest BCUT2D eigenvalue weighted by Gasteiger charge is 2.29. The fourth-order valence-corrected chi connectivity index (χ4v) is 2.68. The Morgan fingerprint density at radius 3 is 2.58 bits per heavy atom. The van der Waals surface area contributed by atoms with Gasteiger partial charge in [0.1, 0.15) is 0 Å². The van der Waals surface area contributed by atoms with Crippen LogP contribution < -0.4 is 5.32 Å². The molecule has 3 heterocycles.